The van der Waals surface area contributed by atoms with Crippen LogP contribution in [0, 0.1) is 11.8 Å². The van der Waals surface area contributed by atoms with Crippen molar-refractivity contribution in [1.29, 1.82) is 0 Å². The van der Waals surface area contributed by atoms with Crippen LogP contribution in [0.5, 0.6) is 0 Å². The van der Waals surface area contributed by atoms with E-state index in [1.165, 1.54) is 4.90 Å². The van der Waals surface area contributed by atoms with Gasteiger partial charge in [-0.25, -0.2) is 0 Å². The van der Waals surface area contributed by atoms with E-state index in [-0.39, 0.29) is 31.6 Å². The number of cyclic esters (lactones) is 1. The Balaban J connectivity index is 1.59. The van der Waals surface area contributed by atoms with E-state index in [0.717, 1.165) is 25.2 Å². The van der Waals surface area contributed by atoms with E-state index in [9.17, 15) is 19.5 Å². The minimum atomic E-state index is -1.36. The van der Waals surface area contributed by atoms with E-state index in [2.05, 4.69) is 18.7 Å². The lowest BCUT2D eigenvalue weighted by Gasteiger charge is -2.38. The minimum Gasteiger partial charge on any atom is -0.465 e. The molecule has 5 rings (SSSR count). The van der Waals surface area contributed by atoms with Crippen LogP contribution in [0.15, 0.2) is 48.6 Å². The Morgan fingerprint density at radius 1 is 1.00 bits per heavy atom. The van der Waals surface area contributed by atoms with Crippen molar-refractivity contribution in [2.75, 3.05) is 49.2 Å². The highest BCUT2D eigenvalue weighted by Crippen LogP contribution is 2.58. The lowest BCUT2D eigenvalue weighted by molar-refractivity contribution is -0.159. The maximum absolute atomic E-state index is 14.4. The molecule has 4 aliphatic rings. The molecule has 4 heterocycles. The molecule has 4 aliphatic heterocycles. The number of anilines is 2. The lowest BCUT2D eigenvalue weighted by Crippen LogP contribution is -2.56. The smallest absolute Gasteiger partial charge is 0.313 e. The second kappa shape index (κ2) is 10.8. The molecular weight excluding hydrogens is 498 g/mol. The zero-order valence-electron chi connectivity index (χ0n) is 23.0. The fraction of sp³-hybridized carbons (Fsp3) is 0.567. The van der Waals surface area contributed by atoms with Crippen molar-refractivity contribution >= 4 is 29.2 Å². The van der Waals surface area contributed by atoms with Crippen molar-refractivity contribution in [1.82, 2.24) is 4.90 Å². The topological polar surface area (TPSA) is 99.6 Å². The summed E-state index contributed by atoms with van der Waals surface area (Å²) in [4.78, 5) is 47.2. The van der Waals surface area contributed by atoms with Crippen molar-refractivity contribution in [3.8, 4) is 0 Å². The minimum absolute atomic E-state index is 0.0316. The molecule has 0 aromatic heterocycles. The van der Waals surface area contributed by atoms with Gasteiger partial charge in [0, 0.05) is 37.6 Å². The summed E-state index contributed by atoms with van der Waals surface area (Å²) in [7, 11) is 0. The molecule has 0 radical (unpaired) electrons. The van der Waals surface area contributed by atoms with Gasteiger partial charge < -0.3 is 29.3 Å². The number of benzene rings is 1. The monoisotopic (exact) mass is 537 g/mol. The van der Waals surface area contributed by atoms with Crippen LogP contribution >= 0.6 is 0 Å². The standard InChI is InChI=1S/C30H39N3O6/c1-4-29-15-8-7-9-20-38-28(37)24(29)23-26(35)33(18-19-34)25-27(36)32(17-10-16-30(23,25)39-29)22-13-11-21(12-14-22)31(5-2)6-3/h8,10-16,23-25,34H,4-7,9,17-20H2,1-3H3/b15-8-/t23-,24-,25?,29+,30-/m0/s1. The molecule has 210 valence electrons. The van der Waals surface area contributed by atoms with Crippen molar-refractivity contribution in [2.45, 2.75) is 57.3 Å². The molecule has 1 aromatic rings. The summed E-state index contributed by atoms with van der Waals surface area (Å²) < 4.78 is 12.5. The number of β-amino-alcohol motifs (C(OH)–C–C–N with tert-alkyl or cyclic N) is 1. The average Bonchev–Trinajstić information content (AvgIpc) is 3.31. The highest BCUT2D eigenvalue weighted by atomic mass is 16.6. The number of carbonyl (C=O) groups is 3. The predicted molar refractivity (Wildman–Crippen MR) is 147 cm³/mol. The van der Waals surface area contributed by atoms with Crippen LogP contribution in [0.25, 0.3) is 0 Å². The number of allylic oxidation sites excluding steroid dienone is 1. The van der Waals surface area contributed by atoms with Crippen LogP contribution in [-0.4, -0.2) is 84.4 Å². The van der Waals surface area contributed by atoms with E-state index in [4.69, 9.17) is 9.47 Å². The number of hydrogen-bond donors (Lipinski definition) is 1. The second-order valence-corrected chi connectivity index (χ2v) is 10.6. The third kappa shape index (κ3) is 4.26. The molecule has 2 saturated heterocycles. The number of nitrogens with zero attached hydrogens (tertiary/aromatic N) is 3. The van der Waals surface area contributed by atoms with E-state index < -0.39 is 35.0 Å². The summed E-state index contributed by atoms with van der Waals surface area (Å²) in [6.45, 7) is 8.10. The van der Waals surface area contributed by atoms with Crippen molar-refractivity contribution in [2.24, 2.45) is 11.8 Å². The maximum Gasteiger partial charge on any atom is 0.313 e. The number of esters is 1. The molecule has 9 nitrogen and oxygen atoms in total. The molecule has 2 amide bonds. The number of amides is 2. The Kier molecular flexibility index (Phi) is 7.57. The molecule has 5 atom stereocenters. The van der Waals surface area contributed by atoms with Crippen molar-refractivity contribution in [3.63, 3.8) is 0 Å². The zero-order chi connectivity index (χ0) is 27.8. The van der Waals surface area contributed by atoms with Crippen LogP contribution in [0.3, 0.4) is 0 Å². The quantitative estimate of drug-likeness (QED) is 0.422. The first kappa shape index (κ1) is 27.4. The summed E-state index contributed by atoms with van der Waals surface area (Å²) in [6.07, 6.45) is 9.44. The average molecular weight is 538 g/mol. The molecule has 9 heteroatoms. The van der Waals surface area contributed by atoms with Gasteiger partial charge >= 0.3 is 5.97 Å². The number of hydrogen-bond acceptors (Lipinski definition) is 7. The number of fused-ring (bicyclic) bond motifs is 2. The van der Waals surface area contributed by atoms with E-state index in [1.807, 2.05) is 55.5 Å². The molecule has 1 spiro atoms. The van der Waals surface area contributed by atoms with Gasteiger partial charge in [-0.15, -0.1) is 0 Å². The number of likely N-dealkylation sites (tertiary alicyclic amines) is 1. The predicted octanol–water partition coefficient (Wildman–Crippen LogP) is 2.68. The van der Waals surface area contributed by atoms with E-state index >= 15 is 0 Å². The summed E-state index contributed by atoms with van der Waals surface area (Å²) in [5, 5.41) is 9.88. The first-order valence-corrected chi connectivity index (χ1v) is 14.2. The summed E-state index contributed by atoms with van der Waals surface area (Å²) in [6, 6.07) is 6.81. The Bertz CT molecular complexity index is 1160. The summed E-state index contributed by atoms with van der Waals surface area (Å²) in [5.74, 6) is -2.97. The lowest BCUT2D eigenvalue weighted by atomic mass is 9.73. The molecule has 1 N–H and O–H groups in total. The van der Waals surface area contributed by atoms with Crippen LogP contribution in [0.4, 0.5) is 11.4 Å². The van der Waals surface area contributed by atoms with Gasteiger partial charge in [-0.2, -0.15) is 0 Å². The molecule has 39 heavy (non-hydrogen) atoms. The number of aliphatic hydroxyl groups is 1. The molecule has 0 saturated carbocycles. The highest BCUT2D eigenvalue weighted by Gasteiger charge is 2.75. The van der Waals surface area contributed by atoms with Gasteiger partial charge in [0.2, 0.25) is 5.91 Å². The number of aliphatic hydroxyl groups excluding tert-OH is 1. The highest BCUT2D eigenvalue weighted by molar-refractivity contribution is 6.05. The Morgan fingerprint density at radius 2 is 1.74 bits per heavy atom. The largest absolute Gasteiger partial charge is 0.465 e. The Labute approximate surface area is 230 Å². The van der Waals surface area contributed by atoms with Crippen LogP contribution in [-0.2, 0) is 23.9 Å². The summed E-state index contributed by atoms with van der Waals surface area (Å²) in [5.41, 5.74) is -0.654. The molecule has 1 aromatic carbocycles. The number of carbonyl (C=O) groups excluding carboxylic acids is 3. The third-order valence-electron chi connectivity index (χ3n) is 8.76. The van der Waals surface area contributed by atoms with Crippen LogP contribution in [0.1, 0.15) is 40.0 Å². The first-order chi connectivity index (χ1) is 18.9. The first-order valence-electron chi connectivity index (χ1n) is 14.2. The number of rotatable bonds is 7. The molecule has 1 unspecified atom stereocenters. The zero-order valence-corrected chi connectivity index (χ0v) is 23.0. The van der Waals surface area contributed by atoms with Gasteiger partial charge in [-0.05, 0) is 57.4 Å². The van der Waals surface area contributed by atoms with Crippen LogP contribution < -0.4 is 9.80 Å². The van der Waals surface area contributed by atoms with Crippen molar-refractivity contribution in [3.05, 3.63) is 48.6 Å². The number of ether oxygens (including phenoxy) is 2. The normalized spacial score (nSPS) is 32.9. The fourth-order valence-electron chi connectivity index (χ4n) is 6.89. The molecule has 0 aliphatic carbocycles. The van der Waals surface area contributed by atoms with Gasteiger partial charge in [-0.1, -0.05) is 31.2 Å². The van der Waals surface area contributed by atoms with E-state index in [1.54, 1.807) is 4.90 Å². The third-order valence-corrected chi connectivity index (χ3v) is 8.76. The van der Waals surface area contributed by atoms with E-state index in [0.29, 0.717) is 25.1 Å². The fourth-order valence-corrected chi connectivity index (χ4v) is 6.89. The molecule has 2 fully saturated rings. The van der Waals surface area contributed by atoms with Gasteiger partial charge in [0.15, 0.2) is 0 Å². The summed E-state index contributed by atoms with van der Waals surface area (Å²) >= 11 is 0. The maximum atomic E-state index is 14.4. The second-order valence-electron chi connectivity index (χ2n) is 10.6. The Morgan fingerprint density at radius 3 is 2.41 bits per heavy atom. The van der Waals surface area contributed by atoms with Crippen molar-refractivity contribution < 1.29 is 29.0 Å². The van der Waals surface area contributed by atoms with Gasteiger partial charge in [0.05, 0.1) is 19.1 Å². The van der Waals surface area contributed by atoms with Gasteiger partial charge in [0.25, 0.3) is 5.91 Å². The van der Waals surface area contributed by atoms with Gasteiger partial charge in [0.1, 0.15) is 23.2 Å². The van der Waals surface area contributed by atoms with Crippen LogP contribution in [0.2, 0.25) is 0 Å². The SMILES string of the molecule is CCN(CC)c1ccc(N2CC=C[C@]34O[C@]5(CC)/C=C\CCCOC(=O)[C@@H]5[C@H]3C(=O)N(CCO)C4C2=O)cc1. The Hall–Kier alpha value is -3.17. The molecule has 0 bridgehead atoms. The molecular formula is C30H39N3O6. The van der Waals surface area contributed by atoms with Gasteiger partial charge in [-0.3, -0.25) is 14.4 Å².